The van der Waals surface area contributed by atoms with Crippen molar-refractivity contribution < 1.29 is 24.1 Å². The smallest absolute Gasteiger partial charge is 0.340 e. The van der Waals surface area contributed by atoms with E-state index in [0.29, 0.717) is 35.8 Å². The molecule has 1 saturated carbocycles. The summed E-state index contributed by atoms with van der Waals surface area (Å²) in [7, 11) is 0. The lowest BCUT2D eigenvalue weighted by molar-refractivity contribution is 0.0693. The minimum absolute atomic E-state index is 0.167. The maximum absolute atomic E-state index is 13.1. The Bertz CT molecular complexity index is 950. The molecule has 5 heteroatoms. The molecule has 1 aliphatic rings. The van der Waals surface area contributed by atoms with E-state index in [1.807, 2.05) is 19.9 Å². The first-order valence-electron chi connectivity index (χ1n) is 9.67. The number of aromatic carboxylic acids is 1. The van der Waals surface area contributed by atoms with Gasteiger partial charge in [0, 0.05) is 5.56 Å². The van der Waals surface area contributed by atoms with Crippen molar-refractivity contribution in [2.24, 2.45) is 5.92 Å². The Morgan fingerprint density at radius 2 is 1.90 bits per heavy atom. The van der Waals surface area contributed by atoms with E-state index >= 15 is 0 Å². The molecule has 0 spiro atoms. The SMILES string of the molecule is CC(C)=CCc1c(OCC2CC2)cc(/C=C/c2ccc(F)cc2)c(C(=O)O)c1O. The summed E-state index contributed by atoms with van der Waals surface area (Å²) in [6.45, 7) is 4.44. The molecule has 0 radical (unpaired) electrons. The number of aromatic hydroxyl groups is 1. The molecule has 29 heavy (non-hydrogen) atoms. The molecule has 0 saturated heterocycles. The topological polar surface area (TPSA) is 66.8 Å². The Labute approximate surface area is 170 Å². The van der Waals surface area contributed by atoms with Gasteiger partial charge in [0.1, 0.15) is 22.9 Å². The van der Waals surface area contributed by atoms with Crippen LogP contribution in [0.15, 0.2) is 42.0 Å². The fraction of sp³-hybridized carbons (Fsp3) is 0.292. The van der Waals surface area contributed by atoms with Crippen LogP contribution in [0.5, 0.6) is 11.5 Å². The highest BCUT2D eigenvalue weighted by molar-refractivity contribution is 5.97. The Balaban J connectivity index is 2.03. The Morgan fingerprint density at radius 3 is 2.48 bits per heavy atom. The van der Waals surface area contributed by atoms with Crippen LogP contribution in [0.2, 0.25) is 0 Å². The highest BCUT2D eigenvalue weighted by Crippen LogP contribution is 2.38. The average molecular weight is 396 g/mol. The zero-order valence-corrected chi connectivity index (χ0v) is 16.6. The van der Waals surface area contributed by atoms with Gasteiger partial charge in [-0.15, -0.1) is 0 Å². The number of allylic oxidation sites excluding steroid dienone is 2. The molecule has 2 N–H and O–H groups in total. The minimum Gasteiger partial charge on any atom is -0.507 e. The van der Waals surface area contributed by atoms with Crippen molar-refractivity contribution in [3.8, 4) is 11.5 Å². The van der Waals surface area contributed by atoms with Crippen molar-refractivity contribution in [3.05, 3.63) is 70.1 Å². The van der Waals surface area contributed by atoms with E-state index in [-0.39, 0.29) is 17.1 Å². The molecule has 1 aliphatic carbocycles. The van der Waals surface area contributed by atoms with Gasteiger partial charge in [-0.25, -0.2) is 9.18 Å². The summed E-state index contributed by atoms with van der Waals surface area (Å²) >= 11 is 0. The molecular formula is C24H25FO4. The van der Waals surface area contributed by atoms with Gasteiger partial charge in [0.25, 0.3) is 0 Å². The molecule has 1 fully saturated rings. The zero-order chi connectivity index (χ0) is 21.0. The third kappa shape index (κ3) is 5.47. The monoisotopic (exact) mass is 396 g/mol. The highest BCUT2D eigenvalue weighted by atomic mass is 19.1. The van der Waals surface area contributed by atoms with Crippen LogP contribution in [0.25, 0.3) is 12.2 Å². The van der Waals surface area contributed by atoms with E-state index in [9.17, 15) is 19.4 Å². The summed E-state index contributed by atoms with van der Waals surface area (Å²) in [5, 5.41) is 20.5. The van der Waals surface area contributed by atoms with Crippen molar-refractivity contribution in [2.75, 3.05) is 6.61 Å². The van der Waals surface area contributed by atoms with Gasteiger partial charge in [-0.05, 0) is 68.4 Å². The second kappa shape index (κ2) is 8.95. The van der Waals surface area contributed by atoms with Gasteiger partial charge in [0.2, 0.25) is 0 Å². The molecule has 2 aromatic rings. The van der Waals surface area contributed by atoms with Crippen LogP contribution in [0, 0.1) is 11.7 Å². The molecule has 0 unspecified atom stereocenters. The van der Waals surface area contributed by atoms with Gasteiger partial charge >= 0.3 is 5.97 Å². The number of carboxylic acid groups (broad SMARTS) is 1. The first-order valence-corrected chi connectivity index (χ1v) is 9.67. The van der Waals surface area contributed by atoms with Gasteiger partial charge in [-0.1, -0.05) is 35.9 Å². The van der Waals surface area contributed by atoms with Crippen molar-refractivity contribution in [2.45, 2.75) is 33.1 Å². The number of rotatable bonds is 8. The minimum atomic E-state index is -1.21. The summed E-state index contributed by atoms with van der Waals surface area (Å²) < 4.78 is 19.1. The van der Waals surface area contributed by atoms with Gasteiger partial charge in [0.05, 0.1) is 6.61 Å². The van der Waals surface area contributed by atoms with Gasteiger partial charge in [0.15, 0.2) is 0 Å². The van der Waals surface area contributed by atoms with Crippen LogP contribution >= 0.6 is 0 Å². The number of carbonyl (C=O) groups is 1. The predicted octanol–water partition coefficient (Wildman–Crippen LogP) is 5.70. The summed E-state index contributed by atoms with van der Waals surface area (Å²) in [6.07, 6.45) is 7.85. The van der Waals surface area contributed by atoms with E-state index in [2.05, 4.69) is 0 Å². The number of hydrogen-bond acceptors (Lipinski definition) is 3. The van der Waals surface area contributed by atoms with Gasteiger partial charge < -0.3 is 14.9 Å². The fourth-order valence-electron chi connectivity index (χ4n) is 2.95. The molecule has 0 heterocycles. The zero-order valence-electron chi connectivity index (χ0n) is 16.6. The maximum atomic E-state index is 13.1. The van der Waals surface area contributed by atoms with Crippen molar-refractivity contribution in [3.63, 3.8) is 0 Å². The molecule has 152 valence electrons. The van der Waals surface area contributed by atoms with Crippen LogP contribution in [0.1, 0.15) is 53.7 Å². The van der Waals surface area contributed by atoms with Gasteiger partial charge in [-0.2, -0.15) is 0 Å². The number of hydrogen-bond donors (Lipinski definition) is 2. The van der Waals surface area contributed by atoms with Crippen molar-refractivity contribution in [1.29, 1.82) is 0 Å². The lowest BCUT2D eigenvalue weighted by Crippen LogP contribution is -2.07. The summed E-state index contributed by atoms with van der Waals surface area (Å²) in [5.41, 5.74) is 2.43. The van der Waals surface area contributed by atoms with E-state index in [1.54, 1.807) is 30.4 Å². The second-order valence-corrected chi connectivity index (χ2v) is 7.60. The lowest BCUT2D eigenvalue weighted by atomic mass is 9.97. The Morgan fingerprint density at radius 1 is 1.21 bits per heavy atom. The normalized spacial score (nSPS) is 13.5. The fourth-order valence-corrected chi connectivity index (χ4v) is 2.95. The lowest BCUT2D eigenvalue weighted by Gasteiger charge is -2.16. The third-order valence-corrected chi connectivity index (χ3v) is 4.82. The molecule has 0 bridgehead atoms. The van der Waals surface area contributed by atoms with E-state index < -0.39 is 5.97 Å². The molecule has 0 amide bonds. The first-order chi connectivity index (χ1) is 13.8. The van der Waals surface area contributed by atoms with Crippen LogP contribution < -0.4 is 4.74 Å². The number of halogens is 1. The van der Waals surface area contributed by atoms with Crippen LogP contribution in [-0.4, -0.2) is 22.8 Å². The summed E-state index contributed by atoms with van der Waals surface area (Å²) in [5.74, 6) is -0.817. The van der Waals surface area contributed by atoms with Gasteiger partial charge in [-0.3, -0.25) is 0 Å². The Hall–Kier alpha value is -3.08. The number of ether oxygens (including phenoxy) is 1. The number of carboxylic acids is 1. The van der Waals surface area contributed by atoms with Crippen LogP contribution in [-0.2, 0) is 6.42 Å². The number of benzene rings is 2. The first kappa shape index (κ1) is 20.6. The molecule has 0 aliphatic heterocycles. The van der Waals surface area contributed by atoms with Crippen molar-refractivity contribution in [1.82, 2.24) is 0 Å². The maximum Gasteiger partial charge on any atom is 0.340 e. The number of phenols is 1. The second-order valence-electron chi connectivity index (χ2n) is 7.60. The quantitative estimate of drug-likeness (QED) is 0.444. The molecule has 3 rings (SSSR count). The molecule has 4 nitrogen and oxygen atoms in total. The van der Waals surface area contributed by atoms with E-state index in [4.69, 9.17) is 4.74 Å². The molecule has 0 aromatic heterocycles. The van der Waals surface area contributed by atoms with E-state index in [0.717, 1.165) is 24.0 Å². The standard InChI is InChI=1S/C24H25FO4/c1-15(2)3-12-20-21(29-14-17-4-5-17)13-18(22(23(20)26)24(27)28)9-6-16-7-10-19(25)11-8-16/h3,6-11,13,17,26H,4-5,12,14H2,1-2H3,(H,27,28)/b9-6+. The Kier molecular flexibility index (Phi) is 6.37. The largest absolute Gasteiger partial charge is 0.507 e. The van der Waals surface area contributed by atoms with Crippen LogP contribution in [0.4, 0.5) is 4.39 Å². The highest BCUT2D eigenvalue weighted by Gasteiger charge is 2.25. The summed E-state index contributed by atoms with van der Waals surface area (Å²) in [4.78, 5) is 11.9. The predicted molar refractivity (Wildman–Crippen MR) is 112 cm³/mol. The van der Waals surface area contributed by atoms with Crippen molar-refractivity contribution >= 4 is 18.1 Å². The third-order valence-electron chi connectivity index (χ3n) is 4.82. The molecule has 2 aromatic carbocycles. The van der Waals surface area contributed by atoms with E-state index in [1.165, 1.54) is 12.1 Å². The summed E-state index contributed by atoms with van der Waals surface area (Å²) in [6, 6.07) is 7.53. The molecule has 0 atom stereocenters. The van der Waals surface area contributed by atoms with Crippen LogP contribution in [0.3, 0.4) is 0 Å². The average Bonchev–Trinajstić information content (AvgIpc) is 3.49. The molecular weight excluding hydrogens is 371 g/mol.